The summed E-state index contributed by atoms with van der Waals surface area (Å²) in [5.41, 5.74) is 0. The lowest BCUT2D eigenvalue weighted by atomic mass is 10.3. The molecule has 2 rings (SSSR count). The molecule has 7 heteroatoms. The number of halogens is 2. The van der Waals surface area contributed by atoms with Crippen molar-refractivity contribution in [2.45, 2.75) is 4.90 Å². The Morgan fingerprint density at radius 1 is 1.00 bits per heavy atom. The number of rotatable bonds is 4. The van der Waals surface area contributed by atoms with E-state index in [1.54, 1.807) is 18.2 Å². The van der Waals surface area contributed by atoms with Crippen molar-refractivity contribution in [2.75, 3.05) is 7.11 Å². The van der Waals surface area contributed by atoms with Gasteiger partial charge in [-0.3, -0.25) is 0 Å². The van der Waals surface area contributed by atoms with E-state index in [4.69, 9.17) is 32.1 Å². The number of hydrogen-bond acceptors (Lipinski definition) is 4. The van der Waals surface area contributed by atoms with Crippen LogP contribution >= 0.6 is 23.2 Å². The van der Waals surface area contributed by atoms with E-state index < -0.39 is 10.1 Å². The van der Waals surface area contributed by atoms with Crippen molar-refractivity contribution in [3.8, 4) is 11.5 Å². The third-order valence-corrected chi connectivity index (χ3v) is 4.38. The van der Waals surface area contributed by atoms with Crippen LogP contribution in [0.5, 0.6) is 11.5 Å². The maximum absolute atomic E-state index is 12.2. The lowest BCUT2D eigenvalue weighted by molar-refractivity contribution is 0.390. The van der Waals surface area contributed by atoms with Crippen LogP contribution in [0.1, 0.15) is 0 Å². The highest BCUT2D eigenvalue weighted by atomic mass is 35.5. The van der Waals surface area contributed by atoms with E-state index in [0.29, 0.717) is 5.75 Å². The van der Waals surface area contributed by atoms with Crippen molar-refractivity contribution in [2.24, 2.45) is 0 Å². The zero-order valence-electron chi connectivity index (χ0n) is 10.3. The van der Waals surface area contributed by atoms with Gasteiger partial charge in [0.05, 0.1) is 12.1 Å². The van der Waals surface area contributed by atoms with Gasteiger partial charge in [-0.1, -0.05) is 35.3 Å². The molecule has 0 unspecified atom stereocenters. The van der Waals surface area contributed by atoms with Gasteiger partial charge in [0.25, 0.3) is 0 Å². The number of ether oxygens (including phenoxy) is 1. The maximum atomic E-state index is 12.2. The van der Waals surface area contributed by atoms with Gasteiger partial charge in [-0.15, -0.1) is 0 Å². The third kappa shape index (κ3) is 3.17. The molecule has 0 aliphatic rings. The third-order valence-electron chi connectivity index (χ3n) is 2.43. The molecule has 0 bridgehead atoms. The van der Waals surface area contributed by atoms with Gasteiger partial charge >= 0.3 is 10.1 Å². The van der Waals surface area contributed by atoms with E-state index in [1.165, 1.54) is 31.4 Å². The van der Waals surface area contributed by atoms with Gasteiger partial charge in [0, 0.05) is 5.02 Å². The first-order chi connectivity index (χ1) is 9.44. The van der Waals surface area contributed by atoms with Gasteiger partial charge in [-0.2, -0.15) is 8.42 Å². The monoisotopic (exact) mass is 332 g/mol. The molecule has 0 fully saturated rings. The van der Waals surface area contributed by atoms with Crippen LogP contribution in [0.4, 0.5) is 0 Å². The Kier molecular flexibility index (Phi) is 4.42. The summed E-state index contributed by atoms with van der Waals surface area (Å²) >= 11 is 11.7. The van der Waals surface area contributed by atoms with Crippen molar-refractivity contribution in [1.82, 2.24) is 0 Å². The standard InChI is InChI=1S/C13H10Cl2O4S/c1-18-11-4-2-3-5-12(11)19-20(16,17)13-8-9(14)6-7-10(13)15/h2-8H,1H3. The van der Waals surface area contributed by atoms with E-state index in [0.717, 1.165) is 0 Å². The lowest BCUT2D eigenvalue weighted by Crippen LogP contribution is -2.11. The molecular weight excluding hydrogens is 323 g/mol. The molecule has 0 radical (unpaired) electrons. The number of hydrogen-bond donors (Lipinski definition) is 0. The maximum Gasteiger partial charge on any atom is 0.340 e. The highest BCUT2D eigenvalue weighted by molar-refractivity contribution is 7.87. The first kappa shape index (κ1) is 15.0. The van der Waals surface area contributed by atoms with Crippen molar-refractivity contribution >= 4 is 33.3 Å². The molecule has 4 nitrogen and oxygen atoms in total. The summed E-state index contributed by atoms with van der Waals surface area (Å²) in [5.74, 6) is 0.375. The number of benzene rings is 2. The zero-order chi connectivity index (χ0) is 14.8. The molecule has 0 heterocycles. The number of methoxy groups -OCH3 is 1. The van der Waals surface area contributed by atoms with Crippen LogP contribution in [0.15, 0.2) is 47.4 Å². The molecule has 2 aromatic rings. The Labute approximate surface area is 127 Å². The summed E-state index contributed by atoms with van der Waals surface area (Å²) in [4.78, 5) is -0.197. The average Bonchev–Trinajstić information content (AvgIpc) is 2.41. The second kappa shape index (κ2) is 5.91. The summed E-state index contributed by atoms with van der Waals surface area (Å²) in [6.45, 7) is 0. The fourth-order valence-corrected chi connectivity index (χ4v) is 3.20. The topological polar surface area (TPSA) is 52.6 Å². The molecule has 0 aromatic heterocycles. The van der Waals surface area contributed by atoms with E-state index in [9.17, 15) is 8.42 Å². The Balaban J connectivity index is 2.43. The van der Waals surface area contributed by atoms with Crippen LogP contribution in [0, 0.1) is 0 Å². The molecule has 0 atom stereocenters. The summed E-state index contributed by atoms with van der Waals surface area (Å²) < 4.78 is 34.5. The van der Waals surface area contributed by atoms with Crippen molar-refractivity contribution in [3.63, 3.8) is 0 Å². The highest BCUT2D eigenvalue weighted by Crippen LogP contribution is 2.32. The molecule has 0 amide bonds. The largest absolute Gasteiger partial charge is 0.493 e. The zero-order valence-corrected chi connectivity index (χ0v) is 12.7. The minimum absolute atomic E-state index is 0.0318. The molecule has 0 aliphatic carbocycles. The van der Waals surface area contributed by atoms with Gasteiger partial charge in [0.2, 0.25) is 0 Å². The molecule has 106 valence electrons. The summed E-state index contributed by atoms with van der Waals surface area (Å²) in [7, 11) is -2.68. The van der Waals surface area contributed by atoms with Crippen LogP contribution < -0.4 is 8.92 Å². The smallest absolute Gasteiger partial charge is 0.340 e. The quantitative estimate of drug-likeness (QED) is 0.799. The van der Waals surface area contributed by atoms with Gasteiger partial charge in [0.15, 0.2) is 11.5 Å². The predicted molar refractivity (Wildman–Crippen MR) is 77.3 cm³/mol. The molecule has 0 spiro atoms. The van der Waals surface area contributed by atoms with Crippen LogP contribution in [-0.4, -0.2) is 15.5 Å². The SMILES string of the molecule is COc1ccccc1OS(=O)(=O)c1cc(Cl)ccc1Cl. The molecule has 0 saturated heterocycles. The van der Waals surface area contributed by atoms with E-state index in [2.05, 4.69) is 0 Å². The Morgan fingerprint density at radius 3 is 2.30 bits per heavy atom. The Hall–Kier alpha value is -1.43. The fourth-order valence-electron chi connectivity index (χ4n) is 1.52. The van der Waals surface area contributed by atoms with Crippen LogP contribution in [0.3, 0.4) is 0 Å². The van der Waals surface area contributed by atoms with Crippen molar-refractivity contribution in [1.29, 1.82) is 0 Å². The lowest BCUT2D eigenvalue weighted by Gasteiger charge is -2.11. The van der Waals surface area contributed by atoms with E-state index in [-0.39, 0.29) is 20.7 Å². The van der Waals surface area contributed by atoms with Crippen LogP contribution in [0.2, 0.25) is 10.0 Å². The van der Waals surface area contributed by atoms with Crippen LogP contribution in [-0.2, 0) is 10.1 Å². The van der Waals surface area contributed by atoms with Crippen molar-refractivity contribution in [3.05, 3.63) is 52.5 Å². The van der Waals surface area contributed by atoms with Crippen LogP contribution in [0.25, 0.3) is 0 Å². The predicted octanol–water partition coefficient (Wildman–Crippen LogP) is 3.77. The Bertz CT molecular complexity index is 729. The molecular formula is C13H10Cl2O4S. The molecule has 0 N–H and O–H groups in total. The molecule has 0 saturated carbocycles. The normalized spacial score (nSPS) is 11.2. The summed E-state index contributed by atoms with van der Waals surface area (Å²) in [6, 6.07) is 10.5. The fraction of sp³-hybridized carbons (Fsp3) is 0.0769. The second-order valence-corrected chi connectivity index (χ2v) is 6.12. The summed E-state index contributed by atoms with van der Waals surface area (Å²) in [5, 5.41) is 0.279. The first-order valence-corrected chi connectivity index (χ1v) is 7.63. The molecule has 2 aromatic carbocycles. The minimum Gasteiger partial charge on any atom is -0.493 e. The first-order valence-electron chi connectivity index (χ1n) is 5.46. The van der Waals surface area contributed by atoms with E-state index in [1.807, 2.05) is 0 Å². The molecule has 0 aliphatic heterocycles. The van der Waals surface area contributed by atoms with Gasteiger partial charge in [-0.05, 0) is 30.3 Å². The second-order valence-electron chi connectivity index (χ2n) is 3.76. The summed E-state index contributed by atoms with van der Waals surface area (Å²) in [6.07, 6.45) is 0. The highest BCUT2D eigenvalue weighted by Gasteiger charge is 2.22. The van der Waals surface area contributed by atoms with Gasteiger partial charge in [-0.25, -0.2) is 0 Å². The average molecular weight is 333 g/mol. The van der Waals surface area contributed by atoms with E-state index >= 15 is 0 Å². The van der Waals surface area contributed by atoms with Crippen molar-refractivity contribution < 1.29 is 17.3 Å². The Morgan fingerprint density at radius 2 is 1.65 bits per heavy atom. The van der Waals surface area contributed by atoms with Gasteiger partial charge in [0.1, 0.15) is 4.90 Å². The number of para-hydroxylation sites is 2. The molecule has 20 heavy (non-hydrogen) atoms. The van der Waals surface area contributed by atoms with Gasteiger partial charge < -0.3 is 8.92 Å². The minimum atomic E-state index is -4.10.